The minimum Gasteiger partial charge on any atom is -0.508 e. The average Bonchev–Trinajstić information content (AvgIpc) is 2.45. The summed E-state index contributed by atoms with van der Waals surface area (Å²) in [6.07, 6.45) is 0. The zero-order chi connectivity index (χ0) is 15.5. The minimum absolute atomic E-state index is 0.0512. The molecule has 2 rings (SSSR count). The van der Waals surface area contributed by atoms with E-state index in [9.17, 15) is 9.90 Å². The number of hydrogen-bond donors (Lipinski definition) is 1. The van der Waals surface area contributed by atoms with Crippen LogP contribution in [0.4, 0.5) is 5.69 Å². The maximum Gasteiger partial charge on any atom is 0.248 e. The van der Waals surface area contributed by atoms with Crippen molar-refractivity contribution < 1.29 is 14.6 Å². The lowest BCUT2D eigenvalue weighted by molar-refractivity contribution is -0.141. The fourth-order valence-electron chi connectivity index (χ4n) is 2.25. The van der Waals surface area contributed by atoms with Gasteiger partial charge in [-0.05, 0) is 45.0 Å². The number of anilines is 1. The highest BCUT2D eigenvalue weighted by Gasteiger charge is 2.22. The summed E-state index contributed by atoms with van der Waals surface area (Å²) in [5.74, 6) is 0.321. The fraction of sp³-hybridized carbons (Fsp3) is 0.562. The number of benzene rings is 1. The molecule has 0 aromatic heterocycles. The summed E-state index contributed by atoms with van der Waals surface area (Å²) in [5.41, 5.74) is 0.787. The molecular formula is C16H24N2O3. The number of amides is 1. The highest BCUT2D eigenvalue weighted by atomic mass is 16.5. The van der Waals surface area contributed by atoms with Gasteiger partial charge in [0.15, 0.2) is 0 Å². The number of aromatic hydroxyl groups is 1. The molecule has 0 aliphatic carbocycles. The van der Waals surface area contributed by atoms with Crippen molar-refractivity contribution in [1.29, 1.82) is 0 Å². The highest BCUT2D eigenvalue weighted by Crippen LogP contribution is 2.20. The summed E-state index contributed by atoms with van der Waals surface area (Å²) in [6, 6.07) is 7.17. The van der Waals surface area contributed by atoms with Gasteiger partial charge in [0.2, 0.25) is 5.91 Å². The first-order valence-corrected chi connectivity index (χ1v) is 7.31. The van der Waals surface area contributed by atoms with Gasteiger partial charge in [-0.2, -0.15) is 0 Å². The van der Waals surface area contributed by atoms with E-state index in [1.807, 2.05) is 37.8 Å². The van der Waals surface area contributed by atoms with E-state index < -0.39 is 0 Å². The molecule has 0 spiro atoms. The monoisotopic (exact) mass is 292 g/mol. The molecule has 5 nitrogen and oxygen atoms in total. The topological polar surface area (TPSA) is 53.0 Å². The standard InChI is InChI=1S/C16H24N2O3/c1-16(2,3)21-12-15(20)18-10-8-17(9-11-18)13-4-6-14(19)7-5-13/h4-7,19H,8-12H2,1-3H3. The summed E-state index contributed by atoms with van der Waals surface area (Å²) < 4.78 is 5.54. The van der Waals surface area contributed by atoms with Gasteiger partial charge in [0.25, 0.3) is 0 Å². The van der Waals surface area contributed by atoms with Gasteiger partial charge in [0.05, 0.1) is 5.60 Å². The fourth-order valence-corrected chi connectivity index (χ4v) is 2.25. The molecular weight excluding hydrogens is 268 g/mol. The molecule has 0 atom stereocenters. The normalized spacial score (nSPS) is 16.1. The van der Waals surface area contributed by atoms with Crippen LogP contribution in [0.1, 0.15) is 20.8 Å². The quantitative estimate of drug-likeness (QED) is 0.924. The van der Waals surface area contributed by atoms with Crippen LogP contribution in [0.15, 0.2) is 24.3 Å². The van der Waals surface area contributed by atoms with Crippen LogP contribution in [-0.4, -0.2) is 54.3 Å². The average molecular weight is 292 g/mol. The van der Waals surface area contributed by atoms with Crippen LogP contribution < -0.4 is 4.90 Å². The SMILES string of the molecule is CC(C)(C)OCC(=O)N1CCN(c2ccc(O)cc2)CC1. The minimum atomic E-state index is -0.288. The molecule has 1 heterocycles. The van der Waals surface area contributed by atoms with Gasteiger partial charge in [-0.25, -0.2) is 0 Å². The van der Waals surface area contributed by atoms with Crippen molar-refractivity contribution in [3.8, 4) is 5.75 Å². The first-order chi connectivity index (χ1) is 9.85. The second kappa shape index (κ2) is 6.35. The molecule has 1 aromatic rings. The Morgan fingerprint density at radius 3 is 2.24 bits per heavy atom. The van der Waals surface area contributed by atoms with Crippen LogP contribution in [-0.2, 0) is 9.53 Å². The zero-order valence-corrected chi connectivity index (χ0v) is 13.0. The molecule has 0 bridgehead atoms. The molecule has 0 saturated carbocycles. The van der Waals surface area contributed by atoms with Crippen molar-refractivity contribution in [1.82, 2.24) is 4.90 Å². The third-order valence-corrected chi connectivity index (χ3v) is 3.48. The molecule has 1 N–H and O–H groups in total. The van der Waals surface area contributed by atoms with Gasteiger partial charge < -0.3 is 19.6 Å². The molecule has 0 radical (unpaired) electrons. The predicted octanol–water partition coefficient (Wildman–Crippen LogP) is 1.86. The molecule has 0 unspecified atom stereocenters. The Hall–Kier alpha value is -1.75. The van der Waals surface area contributed by atoms with Gasteiger partial charge in [0.1, 0.15) is 12.4 Å². The van der Waals surface area contributed by atoms with Crippen LogP contribution in [0.25, 0.3) is 0 Å². The maximum atomic E-state index is 12.1. The van der Waals surface area contributed by atoms with Crippen LogP contribution in [0.5, 0.6) is 5.75 Å². The summed E-state index contributed by atoms with van der Waals surface area (Å²) in [5, 5.41) is 9.31. The van der Waals surface area contributed by atoms with Crippen LogP contribution in [0.2, 0.25) is 0 Å². The number of nitrogens with zero attached hydrogens (tertiary/aromatic N) is 2. The Kier molecular flexibility index (Phi) is 4.73. The highest BCUT2D eigenvalue weighted by molar-refractivity contribution is 5.77. The van der Waals surface area contributed by atoms with Crippen LogP contribution in [0.3, 0.4) is 0 Å². The second-order valence-electron chi connectivity index (χ2n) is 6.29. The third-order valence-electron chi connectivity index (χ3n) is 3.48. The molecule has 1 aliphatic heterocycles. The predicted molar refractivity (Wildman–Crippen MR) is 82.6 cm³/mol. The van der Waals surface area contributed by atoms with E-state index in [0.29, 0.717) is 13.1 Å². The van der Waals surface area contributed by atoms with Gasteiger partial charge in [-0.1, -0.05) is 0 Å². The van der Waals surface area contributed by atoms with Crippen molar-refractivity contribution in [3.05, 3.63) is 24.3 Å². The molecule has 1 fully saturated rings. The van der Waals surface area contributed by atoms with E-state index in [1.165, 1.54) is 0 Å². The van der Waals surface area contributed by atoms with Crippen LogP contribution in [0, 0.1) is 0 Å². The third kappa shape index (κ3) is 4.63. The molecule has 5 heteroatoms. The summed E-state index contributed by atoms with van der Waals surface area (Å²) >= 11 is 0. The number of ether oxygens (including phenoxy) is 1. The Morgan fingerprint density at radius 1 is 1.14 bits per heavy atom. The van der Waals surface area contributed by atoms with E-state index >= 15 is 0 Å². The lowest BCUT2D eigenvalue weighted by Crippen LogP contribution is -2.50. The number of phenols is 1. The number of piperazine rings is 1. The molecule has 1 aliphatic rings. The van der Waals surface area contributed by atoms with Gasteiger partial charge in [-0.15, -0.1) is 0 Å². The van der Waals surface area contributed by atoms with Crippen molar-refractivity contribution in [2.75, 3.05) is 37.7 Å². The second-order valence-corrected chi connectivity index (χ2v) is 6.29. The van der Waals surface area contributed by atoms with E-state index in [4.69, 9.17) is 4.74 Å². The van der Waals surface area contributed by atoms with Crippen molar-refractivity contribution in [3.63, 3.8) is 0 Å². The number of hydrogen-bond acceptors (Lipinski definition) is 4. The van der Waals surface area contributed by atoms with E-state index in [0.717, 1.165) is 18.8 Å². The molecule has 1 saturated heterocycles. The molecule has 116 valence electrons. The Balaban J connectivity index is 1.82. The maximum absolute atomic E-state index is 12.1. The lowest BCUT2D eigenvalue weighted by atomic mass is 10.2. The Morgan fingerprint density at radius 2 is 1.71 bits per heavy atom. The van der Waals surface area contributed by atoms with E-state index in [1.54, 1.807) is 12.1 Å². The van der Waals surface area contributed by atoms with Crippen molar-refractivity contribution in [2.24, 2.45) is 0 Å². The van der Waals surface area contributed by atoms with E-state index in [-0.39, 0.29) is 23.9 Å². The largest absolute Gasteiger partial charge is 0.508 e. The Labute approximate surface area is 126 Å². The Bertz CT molecular complexity index is 471. The van der Waals surface area contributed by atoms with Crippen molar-refractivity contribution in [2.45, 2.75) is 26.4 Å². The molecule has 1 aromatic carbocycles. The zero-order valence-electron chi connectivity index (χ0n) is 13.0. The van der Waals surface area contributed by atoms with Gasteiger partial charge in [-0.3, -0.25) is 4.79 Å². The van der Waals surface area contributed by atoms with Gasteiger partial charge >= 0.3 is 0 Å². The van der Waals surface area contributed by atoms with E-state index in [2.05, 4.69) is 4.90 Å². The van der Waals surface area contributed by atoms with Crippen molar-refractivity contribution >= 4 is 11.6 Å². The number of carbonyl (C=O) groups is 1. The van der Waals surface area contributed by atoms with Gasteiger partial charge in [0, 0.05) is 31.9 Å². The number of carbonyl (C=O) groups excluding carboxylic acids is 1. The summed E-state index contributed by atoms with van der Waals surface area (Å²) in [4.78, 5) is 16.1. The summed E-state index contributed by atoms with van der Waals surface area (Å²) in [6.45, 7) is 8.98. The molecule has 1 amide bonds. The van der Waals surface area contributed by atoms with Crippen LogP contribution >= 0.6 is 0 Å². The first-order valence-electron chi connectivity index (χ1n) is 7.31. The number of phenolic OH excluding ortho intramolecular Hbond substituents is 1. The lowest BCUT2D eigenvalue weighted by Gasteiger charge is -2.36. The number of rotatable bonds is 3. The molecule has 21 heavy (non-hydrogen) atoms. The summed E-state index contributed by atoms with van der Waals surface area (Å²) in [7, 11) is 0. The first kappa shape index (κ1) is 15.6. The smallest absolute Gasteiger partial charge is 0.248 e.